The van der Waals surface area contributed by atoms with Crippen molar-refractivity contribution in [1.82, 2.24) is 9.80 Å². The summed E-state index contributed by atoms with van der Waals surface area (Å²) in [5, 5.41) is 17.6. The highest BCUT2D eigenvalue weighted by atomic mass is 16.3. The van der Waals surface area contributed by atoms with Crippen molar-refractivity contribution >= 4 is 5.91 Å². The van der Waals surface area contributed by atoms with Crippen LogP contribution >= 0.6 is 0 Å². The zero-order chi connectivity index (χ0) is 11.8. The Morgan fingerprint density at radius 3 is 2.00 bits per heavy atom. The summed E-state index contributed by atoms with van der Waals surface area (Å²) in [7, 11) is 1.75. The summed E-state index contributed by atoms with van der Waals surface area (Å²) in [5.74, 6) is 0.00639. The van der Waals surface area contributed by atoms with Gasteiger partial charge in [0.25, 0.3) is 0 Å². The summed E-state index contributed by atoms with van der Waals surface area (Å²) in [6, 6.07) is 0.169. The summed E-state index contributed by atoms with van der Waals surface area (Å²) in [6.45, 7) is 4.96. The largest absolute Gasteiger partial charge is 0.395 e. The Labute approximate surface area is 91.3 Å². The Bertz CT molecular complexity index is 180. The van der Waals surface area contributed by atoms with E-state index in [0.29, 0.717) is 13.1 Å². The van der Waals surface area contributed by atoms with E-state index < -0.39 is 0 Å². The van der Waals surface area contributed by atoms with E-state index in [1.807, 2.05) is 13.8 Å². The van der Waals surface area contributed by atoms with Crippen molar-refractivity contribution in [3.63, 3.8) is 0 Å². The molecular formula is C10H22N2O3. The highest BCUT2D eigenvalue weighted by Crippen LogP contribution is 1.97. The molecule has 0 aliphatic rings. The van der Waals surface area contributed by atoms with Gasteiger partial charge in [-0.2, -0.15) is 0 Å². The smallest absolute Gasteiger partial charge is 0.236 e. The minimum Gasteiger partial charge on any atom is -0.395 e. The monoisotopic (exact) mass is 218 g/mol. The quantitative estimate of drug-likeness (QED) is 0.583. The predicted octanol–water partition coefficient (Wildman–Crippen LogP) is -0.860. The first-order valence-corrected chi connectivity index (χ1v) is 5.22. The number of rotatable bonds is 7. The molecule has 0 aromatic rings. The Morgan fingerprint density at radius 1 is 1.20 bits per heavy atom. The van der Waals surface area contributed by atoms with Crippen LogP contribution in [0.25, 0.3) is 0 Å². The lowest BCUT2D eigenvalue weighted by Gasteiger charge is -2.26. The molecule has 2 N–H and O–H groups in total. The number of nitrogens with zero attached hydrogens (tertiary/aromatic N) is 2. The van der Waals surface area contributed by atoms with Gasteiger partial charge in [0.2, 0.25) is 5.91 Å². The zero-order valence-corrected chi connectivity index (χ0v) is 9.81. The van der Waals surface area contributed by atoms with Gasteiger partial charge in [-0.15, -0.1) is 0 Å². The molecule has 5 heteroatoms. The third kappa shape index (κ3) is 5.71. The number of likely N-dealkylation sites (N-methyl/N-ethyl adjacent to an activating group) is 1. The van der Waals surface area contributed by atoms with Gasteiger partial charge in [0.1, 0.15) is 0 Å². The maximum absolute atomic E-state index is 11.7. The second kappa shape index (κ2) is 7.62. The van der Waals surface area contributed by atoms with E-state index in [1.165, 1.54) is 0 Å². The molecule has 0 atom stereocenters. The third-order valence-corrected chi connectivity index (χ3v) is 2.36. The second-order valence-electron chi connectivity index (χ2n) is 3.82. The number of hydrogen-bond donors (Lipinski definition) is 2. The first-order chi connectivity index (χ1) is 7.02. The number of aliphatic hydroxyl groups excluding tert-OH is 2. The van der Waals surface area contributed by atoms with Crippen LogP contribution in [0, 0.1) is 0 Å². The molecule has 0 saturated carbocycles. The van der Waals surface area contributed by atoms with E-state index in [-0.39, 0.29) is 31.7 Å². The molecule has 0 radical (unpaired) electrons. The summed E-state index contributed by atoms with van der Waals surface area (Å²) in [6.07, 6.45) is 0. The molecule has 0 aromatic carbocycles. The van der Waals surface area contributed by atoms with Crippen LogP contribution in [-0.4, -0.2) is 71.9 Å². The van der Waals surface area contributed by atoms with Crippen LogP contribution in [0.3, 0.4) is 0 Å². The number of carbonyl (C=O) groups excluding carboxylic acids is 1. The topological polar surface area (TPSA) is 64.0 Å². The van der Waals surface area contributed by atoms with E-state index >= 15 is 0 Å². The van der Waals surface area contributed by atoms with Crippen molar-refractivity contribution in [3.05, 3.63) is 0 Å². The zero-order valence-electron chi connectivity index (χ0n) is 9.81. The number of amides is 1. The van der Waals surface area contributed by atoms with E-state index in [2.05, 4.69) is 0 Å². The van der Waals surface area contributed by atoms with Gasteiger partial charge in [-0.3, -0.25) is 9.69 Å². The van der Waals surface area contributed by atoms with Gasteiger partial charge < -0.3 is 15.1 Å². The fourth-order valence-electron chi connectivity index (χ4n) is 1.14. The Kier molecular flexibility index (Phi) is 7.29. The Morgan fingerprint density at radius 2 is 1.67 bits per heavy atom. The van der Waals surface area contributed by atoms with E-state index in [9.17, 15) is 4.79 Å². The van der Waals surface area contributed by atoms with Crippen molar-refractivity contribution in [2.45, 2.75) is 19.9 Å². The summed E-state index contributed by atoms with van der Waals surface area (Å²) in [5.41, 5.74) is 0. The number of hydrogen-bond acceptors (Lipinski definition) is 4. The van der Waals surface area contributed by atoms with Crippen LogP contribution in [0.15, 0.2) is 0 Å². The fraction of sp³-hybridized carbons (Fsp3) is 0.900. The molecule has 90 valence electrons. The van der Waals surface area contributed by atoms with Crippen molar-refractivity contribution in [1.29, 1.82) is 0 Å². The van der Waals surface area contributed by atoms with Crippen molar-refractivity contribution in [2.75, 3.05) is 39.9 Å². The molecular weight excluding hydrogens is 196 g/mol. The molecule has 0 unspecified atom stereocenters. The van der Waals surface area contributed by atoms with Crippen molar-refractivity contribution < 1.29 is 15.0 Å². The Hall–Kier alpha value is -0.650. The maximum Gasteiger partial charge on any atom is 0.236 e. The first kappa shape index (κ1) is 14.3. The van der Waals surface area contributed by atoms with Crippen LogP contribution in [0.1, 0.15) is 13.8 Å². The van der Waals surface area contributed by atoms with Crippen molar-refractivity contribution in [3.8, 4) is 0 Å². The van der Waals surface area contributed by atoms with Gasteiger partial charge in [-0.1, -0.05) is 0 Å². The third-order valence-electron chi connectivity index (χ3n) is 2.36. The Balaban J connectivity index is 4.09. The molecule has 1 amide bonds. The van der Waals surface area contributed by atoms with Gasteiger partial charge in [-0.05, 0) is 13.8 Å². The minimum absolute atomic E-state index is 0.00132. The lowest BCUT2D eigenvalue weighted by molar-refractivity contribution is -0.132. The standard InChI is InChI=1S/C10H22N2O3/c1-9(2)11(3)10(15)8-12(4-6-13)5-7-14/h9,13-14H,4-8H2,1-3H3. The van der Waals surface area contributed by atoms with Crippen LogP contribution in [0.2, 0.25) is 0 Å². The average molecular weight is 218 g/mol. The van der Waals surface area contributed by atoms with E-state index in [0.717, 1.165) is 0 Å². The lowest BCUT2D eigenvalue weighted by atomic mass is 10.3. The summed E-state index contributed by atoms with van der Waals surface area (Å²) >= 11 is 0. The average Bonchev–Trinajstić information content (AvgIpc) is 2.17. The molecule has 0 saturated heterocycles. The fourth-order valence-corrected chi connectivity index (χ4v) is 1.14. The molecule has 0 aliphatic carbocycles. The molecule has 0 heterocycles. The molecule has 5 nitrogen and oxygen atoms in total. The van der Waals surface area contributed by atoms with Crippen LogP contribution in [0.5, 0.6) is 0 Å². The predicted molar refractivity (Wildman–Crippen MR) is 58.5 cm³/mol. The SMILES string of the molecule is CC(C)N(C)C(=O)CN(CCO)CCO. The van der Waals surface area contributed by atoms with Gasteiger partial charge in [0, 0.05) is 26.2 Å². The maximum atomic E-state index is 11.7. The number of carbonyl (C=O) groups is 1. The first-order valence-electron chi connectivity index (χ1n) is 5.22. The number of aliphatic hydroxyl groups is 2. The van der Waals surface area contributed by atoms with Gasteiger partial charge in [0.15, 0.2) is 0 Å². The molecule has 0 fully saturated rings. The van der Waals surface area contributed by atoms with E-state index in [4.69, 9.17) is 10.2 Å². The molecule has 0 bridgehead atoms. The normalized spacial score (nSPS) is 11.1. The lowest BCUT2D eigenvalue weighted by Crippen LogP contribution is -2.43. The molecule has 0 rings (SSSR count). The summed E-state index contributed by atoms with van der Waals surface area (Å²) < 4.78 is 0. The summed E-state index contributed by atoms with van der Waals surface area (Å²) in [4.78, 5) is 15.1. The molecule has 0 spiro atoms. The highest BCUT2D eigenvalue weighted by molar-refractivity contribution is 5.78. The van der Waals surface area contributed by atoms with Crippen LogP contribution < -0.4 is 0 Å². The van der Waals surface area contributed by atoms with Crippen molar-refractivity contribution in [2.24, 2.45) is 0 Å². The molecule has 15 heavy (non-hydrogen) atoms. The molecule has 0 aliphatic heterocycles. The van der Waals surface area contributed by atoms with Gasteiger partial charge in [-0.25, -0.2) is 0 Å². The van der Waals surface area contributed by atoms with Gasteiger partial charge in [0.05, 0.1) is 19.8 Å². The van der Waals surface area contributed by atoms with Crippen LogP contribution in [-0.2, 0) is 4.79 Å². The molecule has 0 aromatic heterocycles. The van der Waals surface area contributed by atoms with Crippen LogP contribution in [0.4, 0.5) is 0 Å². The highest BCUT2D eigenvalue weighted by Gasteiger charge is 2.15. The second-order valence-corrected chi connectivity index (χ2v) is 3.82. The minimum atomic E-state index is -0.00132. The van der Waals surface area contributed by atoms with Gasteiger partial charge >= 0.3 is 0 Å². The van der Waals surface area contributed by atoms with E-state index in [1.54, 1.807) is 16.8 Å².